The van der Waals surface area contributed by atoms with Gasteiger partial charge in [-0.1, -0.05) is 60.7 Å². The number of nitrogens with one attached hydrogen (secondary N) is 1. The van der Waals surface area contributed by atoms with Crippen molar-refractivity contribution in [3.8, 4) is 0 Å². The molecule has 0 aromatic heterocycles. The third-order valence-corrected chi connectivity index (χ3v) is 7.71. The summed E-state index contributed by atoms with van der Waals surface area (Å²) in [6.07, 6.45) is 0. The first-order valence-corrected chi connectivity index (χ1v) is 13.6. The van der Waals surface area contributed by atoms with Gasteiger partial charge in [0.2, 0.25) is 11.8 Å². The quantitative estimate of drug-likeness (QED) is 0.449. The number of aryl methyl sites for hydroxylation is 1. The molecule has 0 aliphatic rings. The molecule has 0 heterocycles. The smallest absolute Gasteiger partial charge is 0.264 e. The predicted molar refractivity (Wildman–Crippen MR) is 147 cm³/mol. The van der Waals surface area contributed by atoms with Gasteiger partial charge >= 0.3 is 0 Å². The van der Waals surface area contributed by atoms with Gasteiger partial charge in [-0.3, -0.25) is 13.9 Å². The molecule has 0 unspecified atom stereocenters. The molecule has 3 aromatic carbocycles. The molecular weight excluding hydrogens is 486 g/mol. The molecule has 0 bridgehead atoms. The lowest BCUT2D eigenvalue weighted by Gasteiger charge is -2.33. The highest BCUT2D eigenvalue weighted by Gasteiger charge is 2.33. The van der Waals surface area contributed by atoms with Crippen LogP contribution >= 0.6 is 0 Å². The van der Waals surface area contributed by atoms with Crippen molar-refractivity contribution < 1.29 is 18.0 Å². The maximum atomic E-state index is 13.9. The summed E-state index contributed by atoms with van der Waals surface area (Å²) in [5.74, 6) is -0.796. The maximum absolute atomic E-state index is 13.9. The molecular formula is C29H35N3O4S. The van der Waals surface area contributed by atoms with Crippen LogP contribution < -0.4 is 9.62 Å². The molecule has 3 rings (SSSR count). The lowest BCUT2D eigenvalue weighted by atomic mass is 10.1. The Balaban J connectivity index is 2.01. The zero-order valence-corrected chi connectivity index (χ0v) is 22.8. The molecule has 37 heavy (non-hydrogen) atoms. The lowest BCUT2D eigenvalue weighted by Crippen LogP contribution is -2.54. The van der Waals surface area contributed by atoms with Crippen molar-refractivity contribution in [2.75, 3.05) is 10.8 Å². The number of nitrogens with zero attached hydrogens (tertiary/aromatic N) is 2. The van der Waals surface area contributed by atoms with E-state index in [-0.39, 0.29) is 17.3 Å². The Morgan fingerprint density at radius 1 is 0.865 bits per heavy atom. The molecule has 3 aromatic rings. The molecule has 0 saturated carbocycles. The molecule has 196 valence electrons. The highest BCUT2D eigenvalue weighted by molar-refractivity contribution is 7.92. The molecule has 0 radical (unpaired) electrons. The average Bonchev–Trinajstić information content (AvgIpc) is 2.86. The van der Waals surface area contributed by atoms with Crippen molar-refractivity contribution >= 4 is 27.5 Å². The van der Waals surface area contributed by atoms with Crippen molar-refractivity contribution in [1.82, 2.24) is 10.2 Å². The number of rotatable bonds is 9. The standard InChI is InChI=1S/C29H35N3O4S/c1-22-14-12-13-15-24(22)20-31(23(2)28(34)30-29(3,4)5)27(33)21-32(25-16-8-6-9-17-25)37(35,36)26-18-10-7-11-19-26/h6-19,23H,20-21H2,1-5H3,(H,30,34)/t23-/m1/s1. The average molecular weight is 522 g/mol. The van der Waals surface area contributed by atoms with Crippen LogP contribution in [0.4, 0.5) is 5.69 Å². The fraction of sp³-hybridized carbons (Fsp3) is 0.310. The molecule has 0 fully saturated rings. The summed E-state index contributed by atoms with van der Waals surface area (Å²) in [7, 11) is -4.05. The van der Waals surface area contributed by atoms with Crippen molar-refractivity contribution in [3.05, 3.63) is 96.1 Å². The van der Waals surface area contributed by atoms with Crippen molar-refractivity contribution in [1.29, 1.82) is 0 Å². The number of sulfonamides is 1. The van der Waals surface area contributed by atoms with Crippen molar-refractivity contribution in [2.45, 2.75) is 57.6 Å². The number of anilines is 1. The van der Waals surface area contributed by atoms with Crippen LogP contribution in [-0.2, 0) is 26.2 Å². The third kappa shape index (κ3) is 7.20. The van der Waals surface area contributed by atoms with Crippen molar-refractivity contribution in [3.63, 3.8) is 0 Å². The Bertz CT molecular complexity index is 1320. The number of benzene rings is 3. The summed E-state index contributed by atoms with van der Waals surface area (Å²) < 4.78 is 28.4. The predicted octanol–water partition coefficient (Wildman–Crippen LogP) is 4.52. The van der Waals surface area contributed by atoms with Crippen LogP contribution in [0.1, 0.15) is 38.8 Å². The Hall–Kier alpha value is -3.65. The molecule has 1 atom stereocenters. The number of para-hydroxylation sites is 1. The van der Waals surface area contributed by atoms with E-state index in [1.165, 1.54) is 17.0 Å². The first-order chi connectivity index (χ1) is 17.4. The second-order valence-electron chi connectivity index (χ2n) is 10.0. The van der Waals surface area contributed by atoms with Crippen LogP contribution in [0.2, 0.25) is 0 Å². The minimum atomic E-state index is -4.05. The van der Waals surface area contributed by atoms with Crippen LogP contribution in [0.25, 0.3) is 0 Å². The van der Waals surface area contributed by atoms with Gasteiger partial charge in [-0.2, -0.15) is 0 Å². The van der Waals surface area contributed by atoms with Gasteiger partial charge < -0.3 is 10.2 Å². The number of hydrogen-bond donors (Lipinski definition) is 1. The Morgan fingerprint density at radius 2 is 1.41 bits per heavy atom. The topological polar surface area (TPSA) is 86.8 Å². The van der Waals surface area contributed by atoms with Crippen LogP contribution in [0.15, 0.2) is 89.8 Å². The minimum Gasteiger partial charge on any atom is -0.350 e. The van der Waals surface area contributed by atoms with Gasteiger partial charge in [-0.25, -0.2) is 8.42 Å². The van der Waals surface area contributed by atoms with Gasteiger partial charge in [-0.05, 0) is 70.0 Å². The second-order valence-corrected chi connectivity index (χ2v) is 11.9. The van der Waals surface area contributed by atoms with E-state index < -0.39 is 34.1 Å². The van der Waals surface area contributed by atoms with Crippen LogP contribution in [-0.4, -0.2) is 43.3 Å². The van der Waals surface area contributed by atoms with E-state index in [1.54, 1.807) is 55.5 Å². The van der Waals surface area contributed by atoms with Crippen molar-refractivity contribution in [2.24, 2.45) is 0 Å². The normalized spacial score (nSPS) is 12.5. The van der Waals surface area contributed by atoms with Gasteiger partial charge in [-0.15, -0.1) is 0 Å². The van der Waals surface area contributed by atoms with E-state index in [0.29, 0.717) is 5.69 Å². The van der Waals surface area contributed by atoms with Crippen LogP contribution in [0.5, 0.6) is 0 Å². The van der Waals surface area contributed by atoms with Gasteiger partial charge in [0.1, 0.15) is 12.6 Å². The fourth-order valence-electron chi connectivity index (χ4n) is 3.87. The molecule has 0 aliphatic heterocycles. The summed E-state index contributed by atoms with van der Waals surface area (Å²) in [6, 6.07) is 23.3. The summed E-state index contributed by atoms with van der Waals surface area (Å²) in [6.45, 7) is 8.92. The maximum Gasteiger partial charge on any atom is 0.264 e. The van der Waals surface area contributed by atoms with Gasteiger partial charge in [0.05, 0.1) is 10.6 Å². The summed E-state index contributed by atoms with van der Waals surface area (Å²) >= 11 is 0. The van der Waals surface area contributed by atoms with Crippen LogP contribution in [0.3, 0.4) is 0 Å². The first kappa shape index (κ1) is 27.9. The molecule has 0 aliphatic carbocycles. The largest absolute Gasteiger partial charge is 0.350 e. The van der Waals surface area contributed by atoms with E-state index in [2.05, 4.69) is 5.32 Å². The molecule has 0 saturated heterocycles. The number of carbonyl (C=O) groups excluding carboxylic acids is 2. The summed E-state index contributed by atoms with van der Waals surface area (Å²) in [4.78, 5) is 28.5. The Kier molecular flexibility index (Phi) is 8.76. The van der Waals surface area contributed by atoms with Gasteiger partial charge in [0, 0.05) is 12.1 Å². The Labute approximate surface area is 220 Å². The first-order valence-electron chi connectivity index (χ1n) is 12.2. The van der Waals surface area contributed by atoms with E-state index >= 15 is 0 Å². The van der Waals surface area contributed by atoms with Gasteiger partial charge in [0.25, 0.3) is 10.0 Å². The zero-order chi connectivity index (χ0) is 27.2. The minimum absolute atomic E-state index is 0.0793. The number of amides is 2. The monoisotopic (exact) mass is 521 g/mol. The molecule has 1 N–H and O–H groups in total. The SMILES string of the molecule is Cc1ccccc1CN(C(=O)CN(c1ccccc1)S(=O)(=O)c1ccccc1)[C@H](C)C(=O)NC(C)(C)C. The highest BCUT2D eigenvalue weighted by Crippen LogP contribution is 2.24. The Morgan fingerprint density at radius 3 is 1.97 bits per heavy atom. The summed E-state index contributed by atoms with van der Waals surface area (Å²) in [5.41, 5.74) is 1.72. The molecule has 0 spiro atoms. The number of carbonyl (C=O) groups is 2. The van der Waals surface area contributed by atoms with Gasteiger partial charge in [0.15, 0.2) is 0 Å². The third-order valence-electron chi connectivity index (χ3n) is 5.92. The highest BCUT2D eigenvalue weighted by atomic mass is 32.2. The fourth-order valence-corrected chi connectivity index (χ4v) is 5.31. The molecule has 2 amide bonds. The molecule has 7 nitrogen and oxygen atoms in total. The second kappa shape index (κ2) is 11.6. The molecule has 8 heteroatoms. The summed E-state index contributed by atoms with van der Waals surface area (Å²) in [5, 5.41) is 2.93. The lowest BCUT2D eigenvalue weighted by molar-refractivity contribution is -0.140. The van der Waals surface area contributed by atoms with E-state index in [4.69, 9.17) is 0 Å². The van der Waals surface area contributed by atoms with Crippen LogP contribution in [0, 0.1) is 6.92 Å². The zero-order valence-electron chi connectivity index (χ0n) is 22.0. The van der Waals surface area contributed by atoms with E-state index in [9.17, 15) is 18.0 Å². The van der Waals surface area contributed by atoms with E-state index in [0.717, 1.165) is 15.4 Å². The van der Waals surface area contributed by atoms with E-state index in [1.807, 2.05) is 52.0 Å². The number of hydrogen-bond acceptors (Lipinski definition) is 4.